The van der Waals surface area contributed by atoms with Gasteiger partial charge in [-0.05, 0) is 18.5 Å². The standard InChI is InChI=1S/C5H4ClFO/c1-3-2-4(7)8-5(3)6/h2H,1H3. The molecule has 1 aromatic rings. The van der Waals surface area contributed by atoms with E-state index in [4.69, 9.17) is 11.6 Å². The van der Waals surface area contributed by atoms with Crippen LogP contribution in [0.1, 0.15) is 5.56 Å². The predicted octanol–water partition coefficient (Wildman–Crippen LogP) is 2.38. The summed E-state index contributed by atoms with van der Waals surface area (Å²) in [5.41, 5.74) is 0.629. The lowest BCUT2D eigenvalue weighted by Gasteiger charge is -1.75. The van der Waals surface area contributed by atoms with Gasteiger partial charge in [-0.3, -0.25) is 0 Å². The van der Waals surface area contributed by atoms with Gasteiger partial charge in [0.05, 0.1) is 0 Å². The van der Waals surface area contributed by atoms with Crippen LogP contribution >= 0.6 is 11.6 Å². The molecule has 0 atom stereocenters. The highest BCUT2D eigenvalue weighted by molar-refractivity contribution is 6.29. The highest BCUT2D eigenvalue weighted by atomic mass is 35.5. The van der Waals surface area contributed by atoms with Gasteiger partial charge in [0.25, 0.3) is 6.01 Å². The van der Waals surface area contributed by atoms with E-state index < -0.39 is 6.01 Å². The highest BCUT2D eigenvalue weighted by Gasteiger charge is 2.01. The molecule has 0 amide bonds. The first kappa shape index (κ1) is 5.63. The predicted molar refractivity (Wildman–Crippen MR) is 28.4 cm³/mol. The number of rotatable bonds is 0. The first-order valence-electron chi connectivity index (χ1n) is 2.11. The number of furan rings is 1. The molecule has 0 spiro atoms. The molecule has 1 heterocycles. The molecule has 8 heavy (non-hydrogen) atoms. The van der Waals surface area contributed by atoms with Crippen molar-refractivity contribution in [1.82, 2.24) is 0 Å². The maximum absolute atomic E-state index is 11.9. The Hall–Kier alpha value is -0.500. The van der Waals surface area contributed by atoms with E-state index in [1.54, 1.807) is 6.92 Å². The Morgan fingerprint density at radius 3 is 2.50 bits per heavy atom. The molecule has 1 aromatic heterocycles. The van der Waals surface area contributed by atoms with Gasteiger partial charge in [0.2, 0.25) is 0 Å². The molecule has 0 aromatic carbocycles. The third kappa shape index (κ3) is 0.842. The first-order chi connectivity index (χ1) is 3.70. The molecule has 0 unspecified atom stereocenters. The molecule has 0 aliphatic heterocycles. The first-order valence-corrected chi connectivity index (χ1v) is 2.49. The fourth-order valence-electron chi connectivity index (χ4n) is 0.423. The monoisotopic (exact) mass is 134 g/mol. The molecule has 0 saturated heterocycles. The van der Waals surface area contributed by atoms with Crippen molar-refractivity contribution in [2.45, 2.75) is 6.92 Å². The largest absolute Gasteiger partial charge is 0.419 e. The van der Waals surface area contributed by atoms with Crippen LogP contribution in [0.15, 0.2) is 10.5 Å². The maximum Gasteiger partial charge on any atom is 0.279 e. The Labute approximate surface area is 51.1 Å². The van der Waals surface area contributed by atoms with E-state index in [0.29, 0.717) is 5.56 Å². The van der Waals surface area contributed by atoms with E-state index in [9.17, 15) is 4.39 Å². The fourth-order valence-corrected chi connectivity index (χ4v) is 0.551. The minimum Gasteiger partial charge on any atom is -0.419 e. The van der Waals surface area contributed by atoms with Crippen LogP contribution in [0, 0.1) is 12.9 Å². The molecule has 0 saturated carbocycles. The van der Waals surface area contributed by atoms with E-state index in [1.807, 2.05) is 0 Å². The summed E-state index contributed by atoms with van der Waals surface area (Å²) < 4.78 is 16.3. The van der Waals surface area contributed by atoms with E-state index >= 15 is 0 Å². The zero-order chi connectivity index (χ0) is 6.15. The topological polar surface area (TPSA) is 13.1 Å². The van der Waals surface area contributed by atoms with Gasteiger partial charge >= 0.3 is 0 Å². The summed E-state index contributed by atoms with van der Waals surface area (Å²) in [6.07, 6.45) is 0. The summed E-state index contributed by atoms with van der Waals surface area (Å²) >= 11 is 5.32. The van der Waals surface area contributed by atoms with Crippen LogP contribution in [0.4, 0.5) is 4.39 Å². The summed E-state index contributed by atoms with van der Waals surface area (Å²) in [7, 11) is 0. The Morgan fingerprint density at radius 1 is 1.75 bits per heavy atom. The van der Waals surface area contributed by atoms with Gasteiger partial charge < -0.3 is 4.42 Å². The molecule has 1 nitrogen and oxygen atoms in total. The minimum atomic E-state index is -0.632. The number of halogens is 2. The van der Waals surface area contributed by atoms with Crippen LogP contribution < -0.4 is 0 Å². The van der Waals surface area contributed by atoms with Gasteiger partial charge in [-0.2, -0.15) is 4.39 Å². The van der Waals surface area contributed by atoms with E-state index in [-0.39, 0.29) is 5.22 Å². The normalized spacial score (nSPS) is 9.88. The molecule has 44 valence electrons. The van der Waals surface area contributed by atoms with Crippen molar-refractivity contribution in [1.29, 1.82) is 0 Å². The average molecular weight is 135 g/mol. The zero-order valence-corrected chi connectivity index (χ0v) is 5.00. The van der Waals surface area contributed by atoms with E-state index in [2.05, 4.69) is 4.42 Å². The van der Waals surface area contributed by atoms with Gasteiger partial charge in [-0.25, -0.2) is 0 Å². The molecule has 0 bridgehead atoms. The SMILES string of the molecule is Cc1cc(F)oc1Cl. The molecular formula is C5H4ClFO. The van der Waals surface area contributed by atoms with Crippen LogP contribution in [0.25, 0.3) is 0 Å². The van der Waals surface area contributed by atoms with E-state index in [1.165, 1.54) is 6.07 Å². The van der Waals surface area contributed by atoms with Crippen molar-refractivity contribution in [3.63, 3.8) is 0 Å². The lowest BCUT2D eigenvalue weighted by atomic mass is 10.4. The van der Waals surface area contributed by atoms with Crippen molar-refractivity contribution >= 4 is 11.6 Å². The summed E-state index contributed by atoms with van der Waals surface area (Å²) in [4.78, 5) is 0. The Morgan fingerprint density at radius 2 is 2.38 bits per heavy atom. The van der Waals surface area contributed by atoms with Crippen LogP contribution in [0.3, 0.4) is 0 Å². The van der Waals surface area contributed by atoms with Gasteiger partial charge in [0, 0.05) is 11.6 Å². The quantitative estimate of drug-likeness (QED) is 0.531. The molecule has 0 aliphatic carbocycles. The maximum atomic E-state index is 11.9. The van der Waals surface area contributed by atoms with Crippen LogP contribution in [-0.2, 0) is 0 Å². The molecule has 1 rings (SSSR count). The lowest BCUT2D eigenvalue weighted by Crippen LogP contribution is -1.57. The Kier molecular flexibility index (Phi) is 1.26. The van der Waals surface area contributed by atoms with Gasteiger partial charge in [0.1, 0.15) is 0 Å². The summed E-state index contributed by atoms with van der Waals surface area (Å²) in [6, 6.07) is 0.606. The van der Waals surface area contributed by atoms with Crippen molar-refractivity contribution in [2.75, 3.05) is 0 Å². The van der Waals surface area contributed by atoms with Crippen LogP contribution in [0.2, 0.25) is 5.22 Å². The average Bonchev–Trinajstić information content (AvgIpc) is 1.85. The Balaban J connectivity index is 3.14. The van der Waals surface area contributed by atoms with Gasteiger partial charge in [-0.1, -0.05) is 0 Å². The highest BCUT2D eigenvalue weighted by Crippen LogP contribution is 2.17. The van der Waals surface area contributed by atoms with Gasteiger partial charge in [0.15, 0.2) is 5.22 Å². The second-order valence-electron chi connectivity index (χ2n) is 1.51. The molecular weight excluding hydrogens is 131 g/mol. The lowest BCUT2D eigenvalue weighted by molar-refractivity contribution is 0.360. The van der Waals surface area contributed by atoms with Crippen molar-refractivity contribution < 1.29 is 8.81 Å². The van der Waals surface area contributed by atoms with E-state index in [0.717, 1.165) is 0 Å². The summed E-state index contributed by atoms with van der Waals surface area (Å²) in [5.74, 6) is 0. The second-order valence-corrected chi connectivity index (χ2v) is 1.85. The Bertz CT molecular complexity index is 175. The van der Waals surface area contributed by atoms with Crippen molar-refractivity contribution in [2.24, 2.45) is 0 Å². The minimum absolute atomic E-state index is 0.127. The second kappa shape index (κ2) is 1.78. The molecule has 0 N–H and O–H groups in total. The van der Waals surface area contributed by atoms with Crippen LogP contribution in [0.5, 0.6) is 0 Å². The fraction of sp³-hybridized carbons (Fsp3) is 0.200. The molecule has 0 fully saturated rings. The van der Waals surface area contributed by atoms with Gasteiger partial charge in [-0.15, -0.1) is 0 Å². The zero-order valence-electron chi connectivity index (χ0n) is 4.24. The number of aryl methyl sites for hydroxylation is 1. The number of hydrogen-bond donors (Lipinski definition) is 0. The third-order valence-corrected chi connectivity index (χ3v) is 1.20. The summed E-state index contributed by atoms with van der Waals surface area (Å²) in [6.45, 7) is 1.68. The number of hydrogen-bond acceptors (Lipinski definition) is 1. The summed E-state index contributed by atoms with van der Waals surface area (Å²) in [5, 5.41) is 0.127. The smallest absolute Gasteiger partial charge is 0.279 e. The van der Waals surface area contributed by atoms with Crippen molar-refractivity contribution in [3.8, 4) is 0 Å². The molecule has 3 heteroatoms. The molecule has 0 radical (unpaired) electrons. The third-order valence-electron chi connectivity index (χ3n) is 0.827. The molecule has 0 aliphatic rings. The van der Waals surface area contributed by atoms with Crippen molar-refractivity contribution in [3.05, 3.63) is 22.9 Å². The van der Waals surface area contributed by atoms with Crippen LogP contribution in [-0.4, -0.2) is 0 Å².